The fraction of sp³-hybridized carbons (Fsp3) is 0.500. The third-order valence-electron chi connectivity index (χ3n) is 7.08. The molecule has 166 valence electrons. The third-order valence-corrected chi connectivity index (χ3v) is 7.08. The Hall–Kier alpha value is -2.73. The van der Waals surface area contributed by atoms with Crippen LogP contribution in [-0.4, -0.2) is 37.5 Å². The van der Waals surface area contributed by atoms with Gasteiger partial charge in [-0.1, -0.05) is 27.7 Å². The molecule has 1 saturated carbocycles. The van der Waals surface area contributed by atoms with Gasteiger partial charge in [0.2, 0.25) is 0 Å². The summed E-state index contributed by atoms with van der Waals surface area (Å²) in [4.78, 5) is 9.94. The average molecular weight is 430 g/mol. The van der Waals surface area contributed by atoms with Crippen LogP contribution in [0.4, 0.5) is 0 Å². The van der Waals surface area contributed by atoms with Crippen LogP contribution in [0.5, 0.6) is 0 Å². The molecule has 0 amide bonds. The SMILES string of the molecule is CC(C)c1cn(C2CC2)c2nc(C3COC[C@H]3n3nc(C(C)C)c4cccnc43)ccc12. The Morgan fingerprint density at radius 2 is 1.81 bits per heavy atom. The second-order valence-corrected chi connectivity index (χ2v) is 10.1. The molecule has 6 nitrogen and oxygen atoms in total. The molecule has 0 aromatic carbocycles. The van der Waals surface area contributed by atoms with Gasteiger partial charge >= 0.3 is 0 Å². The van der Waals surface area contributed by atoms with Gasteiger partial charge in [0.15, 0.2) is 5.65 Å². The van der Waals surface area contributed by atoms with Crippen LogP contribution < -0.4 is 0 Å². The lowest BCUT2D eigenvalue weighted by molar-refractivity contribution is 0.183. The highest BCUT2D eigenvalue weighted by atomic mass is 16.5. The molecule has 2 fully saturated rings. The quantitative estimate of drug-likeness (QED) is 0.407. The van der Waals surface area contributed by atoms with Crippen molar-refractivity contribution < 1.29 is 4.74 Å². The molecule has 1 saturated heterocycles. The summed E-state index contributed by atoms with van der Waals surface area (Å²) in [6.07, 6.45) is 6.71. The van der Waals surface area contributed by atoms with E-state index in [1.807, 2.05) is 12.3 Å². The molecule has 1 aliphatic heterocycles. The van der Waals surface area contributed by atoms with E-state index in [-0.39, 0.29) is 12.0 Å². The number of ether oxygens (including phenoxy) is 1. The van der Waals surface area contributed by atoms with Gasteiger partial charge in [0.25, 0.3) is 0 Å². The van der Waals surface area contributed by atoms with Gasteiger partial charge < -0.3 is 9.30 Å². The van der Waals surface area contributed by atoms with Crippen molar-refractivity contribution >= 4 is 22.1 Å². The van der Waals surface area contributed by atoms with Gasteiger partial charge in [-0.3, -0.25) is 0 Å². The number of hydrogen-bond acceptors (Lipinski definition) is 4. The van der Waals surface area contributed by atoms with E-state index in [1.54, 1.807) is 0 Å². The van der Waals surface area contributed by atoms with Crippen LogP contribution in [0.1, 0.15) is 87.3 Å². The Labute approximate surface area is 188 Å². The second kappa shape index (κ2) is 7.41. The molecule has 4 aromatic heterocycles. The van der Waals surface area contributed by atoms with E-state index in [1.165, 1.54) is 23.8 Å². The molecule has 2 aliphatic rings. The van der Waals surface area contributed by atoms with Gasteiger partial charge in [0.05, 0.1) is 30.6 Å². The number of fused-ring (bicyclic) bond motifs is 2. The van der Waals surface area contributed by atoms with Gasteiger partial charge in [-0.2, -0.15) is 5.10 Å². The molecule has 0 N–H and O–H groups in total. The Bertz CT molecular complexity index is 1300. The van der Waals surface area contributed by atoms with Crippen molar-refractivity contribution in [2.45, 2.75) is 70.4 Å². The van der Waals surface area contributed by atoms with Crippen LogP contribution >= 0.6 is 0 Å². The summed E-state index contributed by atoms with van der Waals surface area (Å²) in [5.74, 6) is 0.993. The van der Waals surface area contributed by atoms with Crippen molar-refractivity contribution in [1.29, 1.82) is 0 Å². The Kier molecular flexibility index (Phi) is 4.61. The summed E-state index contributed by atoms with van der Waals surface area (Å²) in [5, 5.41) is 7.46. The zero-order valence-electron chi connectivity index (χ0n) is 19.3. The average Bonchev–Trinajstić information content (AvgIpc) is 3.22. The summed E-state index contributed by atoms with van der Waals surface area (Å²) in [6.45, 7) is 10.2. The Morgan fingerprint density at radius 1 is 0.969 bits per heavy atom. The number of rotatable bonds is 5. The van der Waals surface area contributed by atoms with Gasteiger partial charge in [-0.05, 0) is 54.5 Å². The molecule has 0 radical (unpaired) electrons. The smallest absolute Gasteiger partial charge is 0.158 e. The van der Waals surface area contributed by atoms with Crippen LogP contribution in [0.2, 0.25) is 0 Å². The first-order chi connectivity index (χ1) is 15.5. The molecule has 32 heavy (non-hydrogen) atoms. The molecule has 1 aliphatic carbocycles. The molecule has 0 spiro atoms. The monoisotopic (exact) mass is 429 g/mol. The van der Waals surface area contributed by atoms with Crippen LogP contribution in [0, 0.1) is 0 Å². The van der Waals surface area contributed by atoms with Gasteiger partial charge in [-0.15, -0.1) is 0 Å². The lowest BCUT2D eigenvalue weighted by atomic mass is 9.97. The first-order valence-corrected chi connectivity index (χ1v) is 11.9. The molecule has 4 aromatic rings. The molecular weight excluding hydrogens is 398 g/mol. The van der Waals surface area contributed by atoms with Gasteiger partial charge in [0, 0.05) is 35.1 Å². The molecule has 0 bridgehead atoms. The van der Waals surface area contributed by atoms with Gasteiger partial charge in [-0.25, -0.2) is 14.6 Å². The maximum absolute atomic E-state index is 6.01. The van der Waals surface area contributed by atoms with Crippen molar-refractivity contribution in [3.63, 3.8) is 0 Å². The van der Waals surface area contributed by atoms with E-state index in [9.17, 15) is 0 Å². The highest BCUT2D eigenvalue weighted by molar-refractivity contribution is 5.82. The predicted octanol–water partition coefficient (Wildman–Crippen LogP) is 5.72. The highest BCUT2D eigenvalue weighted by Crippen LogP contribution is 2.42. The van der Waals surface area contributed by atoms with E-state index in [0.717, 1.165) is 28.1 Å². The molecule has 1 unspecified atom stereocenters. The minimum Gasteiger partial charge on any atom is -0.378 e. The largest absolute Gasteiger partial charge is 0.378 e. The Balaban J connectivity index is 1.45. The summed E-state index contributed by atoms with van der Waals surface area (Å²) in [5.41, 5.74) is 5.67. The third kappa shape index (κ3) is 3.07. The topological polar surface area (TPSA) is 57.8 Å². The van der Waals surface area contributed by atoms with E-state index < -0.39 is 0 Å². The number of pyridine rings is 2. The summed E-state index contributed by atoms with van der Waals surface area (Å²) < 4.78 is 10.5. The first-order valence-electron chi connectivity index (χ1n) is 11.9. The van der Waals surface area contributed by atoms with Crippen molar-refractivity contribution in [2.24, 2.45) is 0 Å². The summed E-state index contributed by atoms with van der Waals surface area (Å²) in [6, 6.07) is 9.32. The lowest BCUT2D eigenvalue weighted by Crippen LogP contribution is -2.19. The molecular formula is C26H31N5O. The van der Waals surface area contributed by atoms with Crippen LogP contribution in [0.3, 0.4) is 0 Å². The fourth-order valence-corrected chi connectivity index (χ4v) is 5.18. The zero-order chi connectivity index (χ0) is 22.0. The minimum absolute atomic E-state index is 0.0961. The summed E-state index contributed by atoms with van der Waals surface area (Å²) >= 11 is 0. The van der Waals surface area contributed by atoms with Crippen molar-refractivity contribution in [3.8, 4) is 0 Å². The van der Waals surface area contributed by atoms with Crippen molar-refractivity contribution in [1.82, 2.24) is 24.3 Å². The van der Waals surface area contributed by atoms with Crippen LogP contribution in [0.25, 0.3) is 22.1 Å². The van der Waals surface area contributed by atoms with Crippen molar-refractivity contribution in [2.75, 3.05) is 13.2 Å². The molecule has 2 atom stereocenters. The number of nitrogens with zero attached hydrogens (tertiary/aromatic N) is 5. The number of hydrogen-bond donors (Lipinski definition) is 0. The minimum atomic E-state index is 0.0961. The maximum Gasteiger partial charge on any atom is 0.158 e. The maximum atomic E-state index is 6.01. The lowest BCUT2D eigenvalue weighted by Gasteiger charge is -2.19. The van der Waals surface area contributed by atoms with Crippen LogP contribution in [-0.2, 0) is 4.74 Å². The highest BCUT2D eigenvalue weighted by Gasteiger charge is 2.36. The molecule has 6 rings (SSSR count). The first kappa shape index (κ1) is 19.9. The van der Waals surface area contributed by atoms with E-state index >= 15 is 0 Å². The second-order valence-electron chi connectivity index (χ2n) is 10.1. The Morgan fingerprint density at radius 3 is 2.56 bits per heavy atom. The van der Waals surface area contributed by atoms with E-state index in [0.29, 0.717) is 31.1 Å². The fourth-order valence-electron chi connectivity index (χ4n) is 5.18. The standard InChI is InChI=1S/C26H31N5O/c1-15(2)20-12-30(17-7-8-17)26-18(20)9-10-22(28-26)21-13-32-14-23(21)31-25-19(6-5-11-27-25)24(29-31)16(3)4/h5-6,9-12,15-17,21,23H,7-8,13-14H2,1-4H3/t21?,23-/m1/s1. The molecule has 5 heterocycles. The van der Waals surface area contributed by atoms with Gasteiger partial charge in [0.1, 0.15) is 5.65 Å². The van der Waals surface area contributed by atoms with Crippen molar-refractivity contribution in [3.05, 3.63) is 53.6 Å². The predicted molar refractivity (Wildman–Crippen MR) is 126 cm³/mol. The van der Waals surface area contributed by atoms with E-state index in [4.69, 9.17) is 19.8 Å². The normalized spacial score (nSPS) is 21.6. The molecule has 6 heteroatoms. The zero-order valence-corrected chi connectivity index (χ0v) is 19.3. The summed E-state index contributed by atoms with van der Waals surface area (Å²) in [7, 11) is 0. The van der Waals surface area contributed by atoms with Crippen LogP contribution in [0.15, 0.2) is 36.7 Å². The van der Waals surface area contributed by atoms with E-state index in [2.05, 4.69) is 61.3 Å². The number of aromatic nitrogens is 5.